The zero-order valence-corrected chi connectivity index (χ0v) is 11.5. The van der Waals surface area contributed by atoms with E-state index < -0.39 is 0 Å². The van der Waals surface area contributed by atoms with Gasteiger partial charge in [-0.05, 0) is 32.2 Å². The van der Waals surface area contributed by atoms with E-state index in [1.165, 1.54) is 0 Å². The van der Waals surface area contributed by atoms with Gasteiger partial charge in [-0.1, -0.05) is 6.92 Å². The van der Waals surface area contributed by atoms with Gasteiger partial charge in [0.15, 0.2) is 0 Å². The Morgan fingerprint density at radius 1 is 1.42 bits per heavy atom. The van der Waals surface area contributed by atoms with Crippen molar-refractivity contribution in [3.8, 4) is 0 Å². The summed E-state index contributed by atoms with van der Waals surface area (Å²) in [5, 5.41) is 3.39. The van der Waals surface area contributed by atoms with Crippen molar-refractivity contribution in [2.45, 2.75) is 44.6 Å². The van der Waals surface area contributed by atoms with Gasteiger partial charge in [0.05, 0.1) is 0 Å². The van der Waals surface area contributed by atoms with E-state index in [1.807, 2.05) is 0 Å². The fraction of sp³-hybridized carbons (Fsp3) is 0.714. The molecular formula is C14H22N4O. The van der Waals surface area contributed by atoms with Crippen molar-refractivity contribution in [1.29, 1.82) is 0 Å². The third kappa shape index (κ3) is 2.81. The van der Waals surface area contributed by atoms with Crippen molar-refractivity contribution in [2.24, 2.45) is 0 Å². The van der Waals surface area contributed by atoms with Gasteiger partial charge >= 0.3 is 0 Å². The van der Waals surface area contributed by atoms with Crippen LogP contribution in [0, 0.1) is 0 Å². The molecule has 0 bridgehead atoms. The molecule has 1 unspecified atom stereocenters. The number of rotatable bonds is 5. The Bertz CT molecular complexity index is 488. The highest BCUT2D eigenvalue weighted by Gasteiger charge is 2.28. The topological polar surface area (TPSA) is 61.0 Å². The van der Waals surface area contributed by atoms with E-state index in [2.05, 4.69) is 22.1 Å². The highest BCUT2D eigenvalue weighted by molar-refractivity contribution is 5.40. The smallest absolute Gasteiger partial charge is 0.252 e. The molecule has 1 aliphatic carbocycles. The maximum Gasteiger partial charge on any atom is 0.252 e. The third-order valence-corrected chi connectivity index (χ3v) is 3.94. The molecule has 1 aromatic heterocycles. The van der Waals surface area contributed by atoms with E-state index >= 15 is 0 Å². The molecule has 5 nitrogen and oxygen atoms in total. The molecule has 1 saturated carbocycles. The summed E-state index contributed by atoms with van der Waals surface area (Å²) in [6, 6.07) is 2.13. The summed E-state index contributed by atoms with van der Waals surface area (Å²) in [6.07, 6.45) is 4.52. The maximum absolute atomic E-state index is 11.8. The maximum atomic E-state index is 11.8. The minimum atomic E-state index is -0.0149. The Morgan fingerprint density at radius 2 is 2.26 bits per heavy atom. The molecule has 2 aliphatic rings. The Morgan fingerprint density at radius 3 is 2.89 bits per heavy atom. The fourth-order valence-corrected chi connectivity index (χ4v) is 2.79. The van der Waals surface area contributed by atoms with E-state index in [4.69, 9.17) is 4.98 Å². The molecule has 2 heterocycles. The van der Waals surface area contributed by atoms with Crippen LogP contribution in [0.25, 0.3) is 0 Å². The average molecular weight is 262 g/mol. The lowest BCUT2D eigenvalue weighted by molar-refractivity contribution is 0.614. The van der Waals surface area contributed by atoms with E-state index in [0.29, 0.717) is 12.0 Å². The van der Waals surface area contributed by atoms with Crippen LogP contribution in [-0.2, 0) is 0 Å². The number of hydrogen-bond donors (Lipinski definition) is 2. The van der Waals surface area contributed by atoms with Gasteiger partial charge in [-0.15, -0.1) is 0 Å². The molecule has 0 spiro atoms. The molecule has 1 atom stereocenters. The molecule has 2 fully saturated rings. The summed E-state index contributed by atoms with van der Waals surface area (Å²) in [5.74, 6) is 2.23. The van der Waals surface area contributed by atoms with E-state index in [9.17, 15) is 4.79 Å². The van der Waals surface area contributed by atoms with Gasteiger partial charge in [0.25, 0.3) is 5.56 Å². The summed E-state index contributed by atoms with van der Waals surface area (Å²) in [6.45, 7) is 5.19. The second-order valence-corrected chi connectivity index (χ2v) is 5.60. The lowest BCUT2D eigenvalue weighted by atomic mass is 10.2. The van der Waals surface area contributed by atoms with E-state index in [-0.39, 0.29) is 5.56 Å². The largest absolute Gasteiger partial charge is 0.352 e. The molecule has 1 aliphatic heterocycles. The van der Waals surface area contributed by atoms with Crippen LogP contribution in [0.5, 0.6) is 0 Å². The number of aromatic amines is 1. The molecule has 0 radical (unpaired) electrons. The van der Waals surface area contributed by atoms with Crippen LogP contribution >= 0.6 is 0 Å². The number of hydrogen-bond acceptors (Lipinski definition) is 4. The minimum Gasteiger partial charge on any atom is -0.352 e. The zero-order chi connectivity index (χ0) is 13.2. The van der Waals surface area contributed by atoms with Gasteiger partial charge in [-0.3, -0.25) is 4.79 Å². The Hall–Kier alpha value is -1.36. The highest BCUT2D eigenvalue weighted by atomic mass is 16.1. The van der Waals surface area contributed by atoms with Crippen molar-refractivity contribution in [3.05, 3.63) is 22.2 Å². The predicted octanol–water partition coefficient (Wildman–Crippen LogP) is 1.23. The summed E-state index contributed by atoms with van der Waals surface area (Å²) >= 11 is 0. The molecule has 1 saturated heterocycles. The summed E-state index contributed by atoms with van der Waals surface area (Å²) in [4.78, 5) is 21.7. The Labute approximate surface area is 113 Å². The van der Waals surface area contributed by atoms with Crippen LogP contribution in [0.3, 0.4) is 0 Å². The summed E-state index contributed by atoms with van der Waals surface area (Å²) < 4.78 is 0. The molecule has 104 valence electrons. The first-order chi connectivity index (χ1) is 9.28. The molecule has 2 N–H and O–H groups in total. The number of H-pyrrole nitrogens is 1. The van der Waals surface area contributed by atoms with Crippen LogP contribution in [0.2, 0.25) is 0 Å². The lowest BCUT2D eigenvalue weighted by Gasteiger charge is -2.29. The van der Waals surface area contributed by atoms with Crippen molar-refractivity contribution in [1.82, 2.24) is 15.3 Å². The molecule has 19 heavy (non-hydrogen) atoms. The molecule has 3 rings (SSSR count). The monoisotopic (exact) mass is 262 g/mol. The zero-order valence-electron chi connectivity index (χ0n) is 11.5. The Kier molecular flexibility index (Phi) is 3.55. The second kappa shape index (κ2) is 5.33. The molecule has 0 aromatic carbocycles. The van der Waals surface area contributed by atoms with Gasteiger partial charge in [-0.2, -0.15) is 0 Å². The summed E-state index contributed by atoms with van der Waals surface area (Å²) in [7, 11) is 0. The SMILES string of the molecule is CCCN(c1cc(=O)[nH]c(C2CC2)n1)C1CCNC1. The normalized spacial score (nSPS) is 22.7. The molecule has 5 heteroatoms. The van der Waals surface area contributed by atoms with Crippen LogP contribution in [-0.4, -0.2) is 35.6 Å². The minimum absolute atomic E-state index is 0.0149. The van der Waals surface area contributed by atoms with Crippen molar-refractivity contribution < 1.29 is 0 Å². The van der Waals surface area contributed by atoms with Gasteiger partial charge in [0.2, 0.25) is 0 Å². The number of aromatic nitrogens is 2. The van der Waals surface area contributed by atoms with Gasteiger partial charge in [-0.25, -0.2) is 4.98 Å². The van der Waals surface area contributed by atoms with Crippen LogP contribution < -0.4 is 15.8 Å². The van der Waals surface area contributed by atoms with E-state index in [1.54, 1.807) is 6.07 Å². The van der Waals surface area contributed by atoms with Crippen LogP contribution in [0.1, 0.15) is 44.3 Å². The first-order valence-corrected chi connectivity index (χ1v) is 7.36. The predicted molar refractivity (Wildman–Crippen MR) is 75.7 cm³/mol. The molecular weight excluding hydrogens is 240 g/mol. The Balaban J connectivity index is 1.89. The second-order valence-electron chi connectivity index (χ2n) is 5.60. The highest BCUT2D eigenvalue weighted by Crippen LogP contribution is 2.38. The number of anilines is 1. The van der Waals surface area contributed by atoms with Crippen molar-refractivity contribution in [2.75, 3.05) is 24.5 Å². The molecule has 0 amide bonds. The van der Waals surface area contributed by atoms with Crippen LogP contribution in [0.15, 0.2) is 10.9 Å². The third-order valence-electron chi connectivity index (χ3n) is 3.94. The summed E-state index contributed by atoms with van der Waals surface area (Å²) in [5.41, 5.74) is -0.0149. The standard InChI is InChI=1S/C14H22N4O/c1-2-7-18(11-5-6-15-9-11)12-8-13(19)17-14(16-12)10-3-4-10/h8,10-11,15H,2-7,9H2,1H3,(H,16,17,19). The number of nitrogens with one attached hydrogen (secondary N) is 2. The van der Waals surface area contributed by atoms with Crippen LogP contribution in [0.4, 0.5) is 5.82 Å². The van der Waals surface area contributed by atoms with E-state index in [0.717, 1.165) is 57.0 Å². The quantitative estimate of drug-likeness (QED) is 0.838. The van der Waals surface area contributed by atoms with Crippen molar-refractivity contribution >= 4 is 5.82 Å². The fourth-order valence-electron chi connectivity index (χ4n) is 2.79. The first-order valence-electron chi connectivity index (χ1n) is 7.36. The van der Waals surface area contributed by atoms with Crippen molar-refractivity contribution in [3.63, 3.8) is 0 Å². The first kappa shape index (κ1) is 12.7. The number of nitrogens with zero attached hydrogens (tertiary/aromatic N) is 2. The average Bonchev–Trinajstić information content (AvgIpc) is 3.12. The molecule has 1 aromatic rings. The lowest BCUT2D eigenvalue weighted by Crippen LogP contribution is -2.39. The van der Waals surface area contributed by atoms with Gasteiger partial charge in [0.1, 0.15) is 11.6 Å². The van der Waals surface area contributed by atoms with Gasteiger partial charge in [0, 0.05) is 31.1 Å². The van der Waals surface area contributed by atoms with Gasteiger partial charge < -0.3 is 15.2 Å².